The lowest BCUT2D eigenvalue weighted by Gasteiger charge is -2.25. The number of nitrogens with zero attached hydrogens (tertiary/aromatic N) is 3. The van der Waals surface area contributed by atoms with Crippen molar-refractivity contribution < 1.29 is 4.39 Å². The van der Waals surface area contributed by atoms with Crippen LogP contribution in [0.3, 0.4) is 0 Å². The van der Waals surface area contributed by atoms with E-state index in [4.69, 9.17) is 4.99 Å². The molecule has 0 aromatic heterocycles. The molecule has 0 bridgehead atoms. The maximum absolute atomic E-state index is 13.2. The fourth-order valence-corrected chi connectivity index (χ4v) is 3.61. The molecular weight excluding hydrogens is 442 g/mol. The zero-order valence-electron chi connectivity index (χ0n) is 15.5. The number of halogens is 2. The highest BCUT2D eigenvalue weighted by Gasteiger charge is 2.29. The van der Waals surface area contributed by atoms with E-state index < -0.39 is 0 Å². The molecule has 3 rings (SSSR count). The zero-order chi connectivity index (χ0) is 17.5. The molecule has 1 aromatic carbocycles. The van der Waals surface area contributed by atoms with Crippen molar-refractivity contribution in [1.82, 2.24) is 15.1 Å². The third-order valence-electron chi connectivity index (χ3n) is 4.93. The van der Waals surface area contributed by atoms with Gasteiger partial charge in [-0.25, -0.2) is 4.39 Å². The monoisotopic (exact) mass is 472 g/mol. The molecule has 6 heteroatoms. The SMILES string of the molecule is CCNC(=NCCCc1cccc(F)c1)N1CCC(N2CC=CC2)C1.I. The van der Waals surface area contributed by atoms with Crippen molar-refractivity contribution in [3.8, 4) is 0 Å². The standard InChI is InChI=1S/C20H29FN4.HI/c1-2-22-20(23-11-6-8-17-7-5-9-18(21)15-17)25-14-10-19(16-25)24-12-3-4-13-24;/h3-5,7,9,15,19H,2,6,8,10-14,16H2,1H3,(H,22,23);1H. The van der Waals surface area contributed by atoms with E-state index in [9.17, 15) is 4.39 Å². The molecule has 4 nitrogen and oxygen atoms in total. The first kappa shape index (κ1) is 21.2. The maximum atomic E-state index is 13.2. The molecule has 26 heavy (non-hydrogen) atoms. The summed E-state index contributed by atoms with van der Waals surface area (Å²) >= 11 is 0. The number of hydrogen-bond donors (Lipinski definition) is 1. The highest BCUT2D eigenvalue weighted by molar-refractivity contribution is 14.0. The van der Waals surface area contributed by atoms with E-state index in [-0.39, 0.29) is 29.8 Å². The Labute approximate surface area is 173 Å². The number of aryl methyl sites for hydroxylation is 1. The number of nitrogens with one attached hydrogen (secondary N) is 1. The van der Waals surface area contributed by atoms with Gasteiger partial charge in [-0.1, -0.05) is 24.3 Å². The topological polar surface area (TPSA) is 30.9 Å². The first-order valence-electron chi connectivity index (χ1n) is 9.43. The second kappa shape index (κ2) is 10.9. The Morgan fingerprint density at radius 3 is 2.85 bits per heavy atom. The Morgan fingerprint density at radius 1 is 1.31 bits per heavy atom. The average molecular weight is 472 g/mol. The molecule has 0 radical (unpaired) electrons. The highest BCUT2D eigenvalue weighted by Crippen LogP contribution is 2.18. The minimum atomic E-state index is -0.158. The molecule has 2 aliphatic heterocycles. The average Bonchev–Trinajstić information content (AvgIpc) is 3.28. The molecule has 1 unspecified atom stereocenters. The van der Waals surface area contributed by atoms with Crippen LogP contribution in [0.4, 0.5) is 4.39 Å². The predicted octanol–water partition coefficient (Wildman–Crippen LogP) is 3.29. The second-order valence-electron chi connectivity index (χ2n) is 6.78. The minimum Gasteiger partial charge on any atom is -0.357 e. The van der Waals surface area contributed by atoms with E-state index in [1.54, 1.807) is 12.1 Å². The van der Waals surface area contributed by atoms with Gasteiger partial charge in [-0.05, 0) is 43.9 Å². The number of benzene rings is 1. The Balaban J connectivity index is 0.00000243. The van der Waals surface area contributed by atoms with Crippen LogP contribution < -0.4 is 5.32 Å². The molecular formula is C20H30FIN4. The van der Waals surface area contributed by atoms with E-state index in [2.05, 4.69) is 34.2 Å². The second-order valence-corrected chi connectivity index (χ2v) is 6.78. The number of aliphatic imine (C=N–C) groups is 1. The summed E-state index contributed by atoms with van der Waals surface area (Å²) in [6.45, 7) is 8.05. The summed E-state index contributed by atoms with van der Waals surface area (Å²) in [5, 5.41) is 3.43. The van der Waals surface area contributed by atoms with Crippen molar-refractivity contribution in [1.29, 1.82) is 0 Å². The molecule has 1 fully saturated rings. The van der Waals surface area contributed by atoms with Gasteiger partial charge in [0.25, 0.3) is 0 Å². The maximum Gasteiger partial charge on any atom is 0.193 e. The normalized spacial score (nSPS) is 20.5. The molecule has 0 amide bonds. The van der Waals surface area contributed by atoms with Gasteiger partial charge in [-0.2, -0.15) is 0 Å². The van der Waals surface area contributed by atoms with Gasteiger partial charge in [0.2, 0.25) is 0 Å². The van der Waals surface area contributed by atoms with Crippen molar-refractivity contribution in [2.45, 2.75) is 32.2 Å². The summed E-state index contributed by atoms with van der Waals surface area (Å²) in [4.78, 5) is 9.72. The van der Waals surface area contributed by atoms with E-state index in [1.807, 2.05) is 6.07 Å². The van der Waals surface area contributed by atoms with E-state index in [1.165, 1.54) is 12.5 Å². The Hall–Kier alpha value is -1.15. The number of guanidine groups is 1. The Bertz CT molecular complexity index is 612. The molecule has 1 atom stereocenters. The molecule has 1 N–H and O–H groups in total. The largest absolute Gasteiger partial charge is 0.357 e. The zero-order valence-corrected chi connectivity index (χ0v) is 17.9. The molecule has 1 aromatic rings. The highest BCUT2D eigenvalue weighted by atomic mass is 127. The van der Waals surface area contributed by atoms with Gasteiger partial charge in [0.05, 0.1) is 0 Å². The van der Waals surface area contributed by atoms with Crippen LogP contribution in [0.5, 0.6) is 0 Å². The van der Waals surface area contributed by atoms with Gasteiger partial charge in [0.1, 0.15) is 5.82 Å². The van der Waals surface area contributed by atoms with Crippen LogP contribution in [-0.2, 0) is 6.42 Å². The van der Waals surface area contributed by atoms with Crippen LogP contribution in [0.15, 0.2) is 41.4 Å². The number of likely N-dealkylation sites (tertiary alicyclic amines) is 1. The van der Waals surface area contributed by atoms with Gasteiger partial charge in [0.15, 0.2) is 5.96 Å². The summed E-state index contributed by atoms with van der Waals surface area (Å²) in [6, 6.07) is 7.49. The third kappa shape index (κ3) is 5.94. The Kier molecular flexibility index (Phi) is 8.84. The van der Waals surface area contributed by atoms with Gasteiger partial charge in [-0.15, -0.1) is 24.0 Å². The summed E-state index contributed by atoms with van der Waals surface area (Å²) < 4.78 is 13.2. The molecule has 0 saturated carbocycles. The lowest BCUT2D eigenvalue weighted by molar-refractivity contribution is 0.259. The van der Waals surface area contributed by atoms with Gasteiger partial charge < -0.3 is 10.2 Å². The molecule has 144 valence electrons. The van der Waals surface area contributed by atoms with Crippen molar-refractivity contribution in [2.75, 3.05) is 39.3 Å². The molecule has 2 heterocycles. The van der Waals surface area contributed by atoms with Crippen LogP contribution in [0.1, 0.15) is 25.3 Å². The number of rotatable bonds is 6. The van der Waals surface area contributed by atoms with Crippen LogP contribution in [-0.4, -0.2) is 61.1 Å². The van der Waals surface area contributed by atoms with Gasteiger partial charge in [-0.3, -0.25) is 9.89 Å². The van der Waals surface area contributed by atoms with E-state index in [0.717, 1.165) is 63.6 Å². The van der Waals surface area contributed by atoms with Crippen LogP contribution in [0.25, 0.3) is 0 Å². The van der Waals surface area contributed by atoms with E-state index >= 15 is 0 Å². The predicted molar refractivity (Wildman–Crippen MR) is 117 cm³/mol. The van der Waals surface area contributed by atoms with E-state index in [0.29, 0.717) is 6.04 Å². The quantitative estimate of drug-likeness (QED) is 0.227. The summed E-state index contributed by atoms with van der Waals surface area (Å²) in [5.41, 5.74) is 1.04. The van der Waals surface area contributed by atoms with Crippen LogP contribution >= 0.6 is 24.0 Å². The first-order valence-corrected chi connectivity index (χ1v) is 9.43. The summed E-state index contributed by atoms with van der Waals surface area (Å²) in [7, 11) is 0. The third-order valence-corrected chi connectivity index (χ3v) is 4.93. The molecule has 0 spiro atoms. The first-order chi connectivity index (χ1) is 12.3. The lowest BCUT2D eigenvalue weighted by Crippen LogP contribution is -2.42. The lowest BCUT2D eigenvalue weighted by atomic mass is 10.1. The van der Waals surface area contributed by atoms with Crippen molar-refractivity contribution in [3.05, 3.63) is 47.8 Å². The van der Waals surface area contributed by atoms with Crippen LogP contribution in [0, 0.1) is 5.82 Å². The fourth-order valence-electron chi connectivity index (χ4n) is 3.61. The van der Waals surface area contributed by atoms with Crippen LogP contribution in [0.2, 0.25) is 0 Å². The van der Waals surface area contributed by atoms with Crippen molar-refractivity contribution >= 4 is 29.9 Å². The Morgan fingerprint density at radius 2 is 2.12 bits per heavy atom. The van der Waals surface area contributed by atoms with Gasteiger partial charge >= 0.3 is 0 Å². The number of hydrogen-bond acceptors (Lipinski definition) is 2. The fraction of sp³-hybridized carbons (Fsp3) is 0.550. The smallest absolute Gasteiger partial charge is 0.193 e. The molecule has 0 aliphatic carbocycles. The van der Waals surface area contributed by atoms with Crippen molar-refractivity contribution in [2.24, 2.45) is 4.99 Å². The summed E-state index contributed by atoms with van der Waals surface area (Å²) in [6.07, 6.45) is 7.52. The molecule has 1 saturated heterocycles. The van der Waals surface area contributed by atoms with Crippen molar-refractivity contribution in [3.63, 3.8) is 0 Å². The molecule has 2 aliphatic rings. The summed E-state index contributed by atoms with van der Waals surface area (Å²) in [5.74, 6) is 0.866. The minimum absolute atomic E-state index is 0. The van der Waals surface area contributed by atoms with Gasteiger partial charge in [0, 0.05) is 45.3 Å².